The van der Waals surface area contributed by atoms with Crippen LogP contribution >= 0.6 is 0 Å². The first-order valence-corrected chi connectivity index (χ1v) is 7.30. The van der Waals surface area contributed by atoms with Gasteiger partial charge in [-0.15, -0.1) is 0 Å². The van der Waals surface area contributed by atoms with Crippen LogP contribution < -0.4 is 5.32 Å². The van der Waals surface area contributed by atoms with Crippen molar-refractivity contribution in [1.82, 2.24) is 15.1 Å². The summed E-state index contributed by atoms with van der Waals surface area (Å²) >= 11 is 0. The van der Waals surface area contributed by atoms with E-state index in [0.717, 1.165) is 5.92 Å². The third kappa shape index (κ3) is 7.74. The van der Waals surface area contributed by atoms with Gasteiger partial charge >= 0.3 is 0 Å². The van der Waals surface area contributed by atoms with E-state index in [0.29, 0.717) is 0 Å². The number of unbranched alkanes of at least 4 members (excludes halogenated alkanes) is 1. The largest absolute Gasteiger partial charge is 0.314 e. The molecular weight excluding hydrogens is 210 g/mol. The van der Waals surface area contributed by atoms with Crippen LogP contribution in [0.3, 0.4) is 0 Å². The number of hydrogen-bond acceptors (Lipinski definition) is 3. The zero-order valence-corrected chi connectivity index (χ0v) is 12.0. The van der Waals surface area contributed by atoms with Gasteiger partial charge in [0.15, 0.2) is 0 Å². The summed E-state index contributed by atoms with van der Waals surface area (Å²) < 4.78 is 0. The summed E-state index contributed by atoms with van der Waals surface area (Å²) in [6.07, 6.45) is 4.03. The van der Waals surface area contributed by atoms with Crippen molar-refractivity contribution in [3.8, 4) is 0 Å². The van der Waals surface area contributed by atoms with Crippen molar-refractivity contribution in [2.24, 2.45) is 5.92 Å². The average molecular weight is 241 g/mol. The van der Waals surface area contributed by atoms with E-state index in [1.54, 1.807) is 0 Å². The molecule has 3 heteroatoms. The smallest absolute Gasteiger partial charge is 0.0107 e. The highest BCUT2D eigenvalue weighted by Gasteiger charge is 2.08. The molecule has 0 radical (unpaired) electrons. The molecule has 17 heavy (non-hydrogen) atoms. The Bertz CT molecular complexity index is 176. The summed E-state index contributed by atoms with van der Waals surface area (Å²) in [7, 11) is 2.26. The molecule has 1 rings (SSSR count). The Morgan fingerprint density at radius 2 is 1.82 bits per heavy atom. The van der Waals surface area contributed by atoms with Gasteiger partial charge in [-0.3, -0.25) is 0 Å². The second-order valence-electron chi connectivity index (χ2n) is 5.78. The Morgan fingerprint density at radius 3 is 2.47 bits per heavy atom. The lowest BCUT2D eigenvalue weighted by Gasteiger charge is -2.27. The minimum Gasteiger partial charge on any atom is -0.314 e. The number of nitrogens with one attached hydrogen (secondary N) is 1. The molecule has 0 amide bonds. The van der Waals surface area contributed by atoms with Crippen LogP contribution in [0, 0.1) is 5.92 Å². The maximum absolute atomic E-state index is 3.40. The standard InChI is InChI=1S/C14H31N3/c1-14(2)6-11-16(3)9-4-5-10-17-12-7-15-8-13-17/h14-15H,4-13H2,1-3H3. The Hall–Kier alpha value is -0.120. The minimum atomic E-state index is 0.832. The summed E-state index contributed by atoms with van der Waals surface area (Å²) in [6.45, 7) is 13.2. The summed E-state index contributed by atoms with van der Waals surface area (Å²) in [5.74, 6) is 0.832. The monoisotopic (exact) mass is 241 g/mol. The number of hydrogen-bond donors (Lipinski definition) is 1. The van der Waals surface area contributed by atoms with Gasteiger partial charge < -0.3 is 15.1 Å². The highest BCUT2D eigenvalue weighted by molar-refractivity contribution is 4.67. The molecule has 0 bridgehead atoms. The molecule has 0 aromatic rings. The molecule has 0 saturated carbocycles. The third-order valence-electron chi connectivity index (χ3n) is 3.56. The molecule has 1 aliphatic heterocycles. The molecule has 0 spiro atoms. The number of rotatable bonds is 8. The van der Waals surface area contributed by atoms with Gasteiger partial charge in [-0.05, 0) is 51.9 Å². The van der Waals surface area contributed by atoms with Crippen molar-refractivity contribution in [3.05, 3.63) is 0 Å². The van der Waals surface area contributed by atoms with E-state index in [1.165, 1.54) is 65.1 Å². The van der Waals surface area contributed by atoms with Crippen LogP contribution in [0.4, 0.5) is 0 Å². The van der Waals surface area contributed by atoms with Crippen LogP contribution in [0.1, 0.15) is 33.1 Å². The van der Waals surface area contributed by atoms with E-state index in [2.05, 4.69) is 36.0 Å². The predicted octanol–water partition coefficient (Wildman–Crippen LogP) is 1.65. The molecule has 0 aromatic carbocycles. The third-order valence-corrected chi connectivity index (χ3v) is 3.56. The zero-order valence-electron chi connectivity index (χ0n) is 12.0. The first-order valence-electron chi connectivity index (χ1n) is 7.30. The highest BCUT2D eigenvalue weighted by atomic mass is 15.2. The van der Waals surface area contributed by atoms with Crippen molar-refractivity contribution < 1.29 is 0 Å². The lowest BCUT2D eigenvalue weighted by Crippen LogP contribution is -2.43. The summed E-state index contributed by atoms with van der Waals surface area (Å²) in [4.78, 5) is 5.07. The molecule has 0 unspecified atom stereocenters. The van der Waals surface area contributed by atoms with Gasteiger partial charge in [0.1, 0.15) is 0 Å². The van der Waals surface area contributed by atoms with Gasteiger partial charge in [-0.25, -0.2) is 0 Å². The summed E-state index contributed by atoms with van der Waals surface area (Å²) in [5, 5.41) is 3.40. The van der Waals surface area contributed by atoms with Crippen LogP contribution in [0.5, 0.6) is 0 Å². The van der Waals surface area contributed by atoms with Gasteiger partial charge in [0, 0.05) is 26.2 Å². The van der Waals surface area contributed by atoms with E-state index in [-0.39, 0.29) is 0 Å². The maximum atomic E-state index is 3.40. The molecule has 102 valence electrons. The van der Waals surface area contributed by atoms with Crippen molar-refractivity contribution in [1.29, 1.82) is 0 Å². The van der Waals surface area contributed by atoms with Gasteiger partial charge in [0.25, 0.3) is 0 Å². The number of piperazine rings is 1. The van der Waals surface area contributed by atoms with Gasteiger partial charge in [-0.1, -0.05) is 13.8 Å². The number of nitrogens with zero attached hydrogens (tertiary/aromatic N) is 2. The topological polar surface area (TPSA) is 18.5 Å². The second kappa shape index (κ2) is 8.90. The van der Waals surface area contributed by atoms with Crippen LogP contribution in [0.15, 0.2) is 0 Å². The first kappa shape index (κ1) is 14.9. The Morgan fingerprint density at radius 1 is 1.12 bits per heavy atom. The van der Waals surface area contributed by atoms with E-state index in [1.807, 2.05) is 0 Å². The minimum absolute atomic E-state index is 0.832. The normalized spacial score (nSPS) is 18.2. The Kier molecular flexibility index (Phi) is 7.82. The molecule has 1 fully saturated rings. The lowest BCUT2D eigenvalue weighted by molar-refractivity contribution is 0.229. The van der Waals surface area contributed by atoms with E-state index in [4.69, 9.17) is 0 Å². The first-order chi connectivity index (χ1) is 8.18. The summed E-state index contributed by atoms with van der Waals surface area (Å²) in [5.41, 5.74) is 0. The van der Waals surface area contributed by atoms with Crippen molar-refractivity contribution in [3.63, 3.8) is 0 Å². The van der Waals surface area contributed by atoms with Crippen LogP contribution in [0.2, 0.25) is 0 Å². The second-order valence-corrected chi connectivity index (χ2v) is 5.78. The highest BCUT2D eigenvalue weighted by Crippen LogP contribution is 2.03. The molecular formula is C14H31N3. The Balaban J connectivity index is 1.92. The molecule has 3 nitrogen and oxygen atoms in total. The van der Waals surface area contributed by atoms with Crippen molar-refractivity contribution in [2.45, 2.75) is 33.1 Å². The molecule has 1 aliphatic rings. The molecule has 1 N–H and O–H groups in total. The fourth-order valence-electron chi connectivity index (χ4n) is 2.24. The SMILES string of the molecule is CC(C)CCN(C)CCCCN1CCNCC1. The molecule has 0 atom stereocenters. The maximum Gasteiger partial charge on any atom is 0.0107 e. The van der Waals surface area contributed by atoms with Crippen molar-refractivity contribution >= 4 is 0 Å². The van der Waals surface area contributed by atoms with Gasteiger partial charge in [0.2, 0.25) is 0 Å². The van der Waals surface area contributed by atoms with Crippen molar-refractivity contribution in [2.75, 3.05) is 52.9 Å². The zero-order chi connectivity index (χ0) is 12.5. The molecule has 0 aromatic heterocycles. The quantitative estimate of drug-likeness (QED) is 0.652. The van der Waals surface area contributed by atoms with E-state index in [9.17, 15) is 0 Å². The van der Waals surface area contributed by atoms with Crippen LogP contribution in [-0.2, 0) is 0 Å². The van der Waals surface area contributed by atoms with Gasteiger partial charge in [0.05, 0.1) is 0 Å². The van der Waals surface area contributed by atoms with Crippen LogP contribution in [-0.4, -0.2) is 62.7 Å². The van der Waals surface area contributed by atoms with E-state index < -0.39 is 0 Å². The predicted molar refractivity (Wildman–Crippen MR) is 75.5 cm³/mol. The summed E-state index contributed by atoms with van der Waals surface area (Å²) in [6, 6.07) is 0. The lowest BCUT2D eigenvalue weighted by atomic mass is 10.1. The average Bonchev–Trinajstić information content (AvgIpc) is 2.33. The fraction of sp³-hybridized carbons (Fsp3) is 1.00. The van der Waals surface area contributed by atoms with E-state index >= 15 is 0 Å². The Labute approximate surface area is 108 Å². The fourth-order valence-corrected chi connectivity index (χ4v) is 2.24. The van der Waals surface area contributed by atoms with Gasteiger partial charge in [-0.2, -0.15) is 0 Å². The molecule has 0 aliphatic carbocycles. The van der Waals surface area contributed by atoms with Crippen LogP contribution in [0.25, 0.3) is 0 Å². The molecule has 1 heterocycles. The molecule has 1 saturated heterocycles.